The van der Waals surface area contributed by atoms with Crippen LogP contribution in [0.25, 0.3) is 0 Å². The Morgan fingerprint density at radius 1 is 1.39 bits per heavy atom. The predicted molar refractivity (Wildman–Crippen MR) is 71.6 cm³/mol. The normalized spacial score (nSPS) is 10.3. The van der Waals surface area contributed by atoms with E-state index in [2.05, 4.69) is 17.2 Å². The molecule has 0 saturated carbocycles. The van der Waals surface area contributed by atoms with Crippen molar-refractivity contribution in [1.82, 2.24) is 4.98 Å². The lowest BCUT2D eigenvalue weighted by molar-refractivity contribution is 0.1000. The summed E-state index contributed by atoms with van der Waals surface area (Å²) in [5.74, 6) is 0.284. The van der Waals surface area contributed by atoms with Crippen molar-refractivity contribution in [2.75, 3.05) is 25.1 Å². The molecule has 100 valence electrons. The number of nitrogens with one attached hydrogen (secondary N) is 1. The third kappa shape index (κ3) is 5.63. The summed E-state index contributed by atoms with van der Waals surface area (Å²) in [6, 6.07) is 3.41. The fraction of sp³-hybridized carbons (Fsp3) is 0.538. The zero-order valence-electron chi connectivity index (χ0n) is 10.8. The highest BCUT2D eigenvalue weighted by Crippen LogP contribution is 2.04. The minimum atomic E-state index is -0.460. The molecule has 0 unspecified atom stereocenters. The lowest BCUT2D eigenvalue weighted by Crippen LogP contribution is -2.12. The highest BCUT2D eigenvalue weighted by molar-refractivity contribution is 5.92. The van der Waals surface area contributed by atoms with Gasteiger partial charge in [-0.2, -0.15) is 0 Å². The van der Waals surface area contributed by atoms with Gasteiger partial charge >= 0.3 is 0 Å². The Kier molecular flexibility index (Phi) is 6.79. The molecule has 0 aromatic carbocycles. The third-order valence-corrected chi connectivity index (χ3v) is 2.46. The minimum absolute atomic E-state index is 0.420. The van der Waals surface area contributed by atoms with E-state index in [9.17, 15) is 4.79 Å². The number of aromatic nitrogens is 1. The molecule has 3 N–H and O–H groups in total. The molecule has 5 nitrogen and oxygen atoms in total. The van der Waals surface area contributed by atoms with Crippen LogP contribution < -0.4 is 11.1 Å². The number of rotatable bonds is 9. The van der Waals surface area contributed by atoms with Gasteiger partial charge in [-0.1, -0.05) is 13.3 Å². The quantitative estimate of drug-likeness (QED) is 0.656. The summed E-state index contributed by atoms with van der Waals surface area (Å²) in [6.07, 6.45) is 4.68. The molecule has 1 heterocycles. The molecule has 0 aliphatic carbocycles. The van der Waals surface area contributed by atoms with E-state index >= 15 is 0 Å². The second-order valence-electron chi connectivity index (χ2n) is 4.04. The largest absolute Gasteiger partial charge is 0.381 e. The molecule has 0 spiro atoms. The lowest BCUT2D eigenvalue weighted by Gasteiger charge is -2.06. The maximum Gasteiger partial charge on any atom is 0.250 e. The van der Waals surface area contributed by atoms with Crippen molar-refractivity contribution in [1.29, 1.82) is 0 Å². The van der Waals surface area contributed by atoms with E-state index < -0.39 is 5.91 Å². The molecule has 1 aromatic rings. The molecule has 0 saturated heterocycles. The van der Waals surface area contributed by atoms with Gasteiger partial charge in [0.05, 0.1) is 5.56 Å². The summed E-state index contributed by atoms with van der Waals surface area (Å²) in [4.78, 5) is 14.9. The Hall–Kier alpha value is -1.62. The zero-order valence-corrected chi connectivity index (χ0v) is 10.8. The number of carbonyl (C=O) groups excluding carboxylic acids is 1. The summed E-state index contributed by atoms with van der Waals surface area (Å²) < 4.78 is 5.44. The average Bonchev–Trinajstić information content (AvgIpc) is 2.38. The predicted octanol–water partition coefficient (Wildman–Crippen LogP) is 1.80. The summed E-state index contributed by atoms with van der Waals surface area (Å²) >= 11 is 0. The van der Waals surface area contributed by atoms with E-state index in [1.54, 1.807) is 12.1 Å². The van der Waals surface area contributed by atoms with Crippen molar-refractivity contribution in [3.8, 4) is 0 Å². The van der Waals surface area contributed by atoms with Crippen LogP contribution in [0, 0.1) is 0 Å². The minimum Gasteiger partial charge on any atom is -0.381 e. The van der Waals surface area contributed by atoms with Crippen LogP contribution in [0.2, 0.25) is 0 Å². The van der Waals surface area contributed by atoms with Gasteiger partial charge in [-0.3, -0.25) is 4.79 Å². The number of primary amides is 1. The van der Waals surface area contributed by atoms with Crippen molar-refractivity contribution in [3.05, 3.63) is 23.9 Å². The maximum absolute atomic E-state index is 10.8. The molecular formula is C13H21N3O2. The zero-order chi connectivity index (χ0) is 13.2. The number of anilines is 1. The topological polar surface area (TPSA) is 77.2 Å². The van der Waals surface area contributed by atoms with Gasteiger partial charge < -0.3 is 15.8 Å². The summed E-state index contributed by atoms with van der Waals surface area (Å²) in [5.41, 5.74) is 5.55. The molecule has 0 atom stereocenters. The van der Waals surface area contributed by atoms with Crippen molar-refractivity contribution in [3.63, 3.8) is 0 Å². The molecule has 0 radical (unpaired) electrons. The molecule has 18 heavy (non-hydrogen) atoms. The molecule has 1 aromatic heterocycles. The number of amides is 1. The molecule has 0 fully saturated rings. The first-order valence-corrected chi connectivity index (χ1v) is 6.31. The van der Waals surface area contributed by atoms with Gasteiger partial charge in [-0.25, -0.2) is 4.98 Å². The molecule has 0 bridgehead atoms. The van der Waals surface area contributed by atoms with E-state index in [0.717, 1.165) is 44.8 Å². The number of nitrogens with two attached hydrogens (primary N) is 1. The summed E-state index contributed by atoms with van der Waals surface area (Å²) in [5, 5.41) is 3.16. The molecule has 1 amide bonds. The van der Waals surface area contributed by atoms with Crippen LogP contribution in [0.4, 0.5) is 5.82 Å². The number of ether oxygens (including phenoxy) is 1. The van der Waals surface area contributed by atoms with Gasteiger partial charge in [0.25, 0.3) is 0 Å². The van der Waals surface area contributed by atoms with Crippen molar-refractivity contribution < 1.29 is 9.53 Å². The number of carbonyl (C=O) groups is 1. The first-order chi connectivity index (χ1) is 8.74. The second kappa shape index (κ2) is 8.47. The van der Waals surface area contributed by atoms with Crippen LogP contribution in [-0.2, 0) is 4.74 Å². The SMILES string of the molecule is CCCCOCCCNc1ccc(C(N)=O)cn1. The Morgan fingerprint density at radius 3 is 2.78 bits per heavy atom. The van der Waals surface area contributed by atoms with Gasteiger partial charge in [0.2, 0.25) is 5.91 Å². The molecule has 0 aliphatic heterocycles. The smallest absolute Gasteiger partial charge is 0.250 e. The van der Waals surface area contributed by atoms with Crippen LogP contribution in [-0.4, -0.2) is 30.6 Å². The van der Waals surface area contributed by atoms with E-state index in [4.69, 9.17) is 10.5 Å². The Morgan fingerprint density at radius 2 is 2.17 bits per heavy atom. The lowest BCUT2D eigenvalue weighted by atomic mass is 10.3. The molecule has 0 aliphatic rings. The standard InChI is InChI=1S/C13H21N3O2/c1-2-3-8-18-9-4-7-15-12-6-5-11(10-16-12)13(14)17/h5-6,10H,2-4,7-9H2,1H3,(H2,14,17)(H,15,16). The van der Waals surface area contributed by atoms with Crippen molar-refractivity contribution >= 4 is 11.7 Å². The molecule has 5 heteroatoms. The number of unbranched alkanes of at least 4 members (excludes halogenated alkanes) is 1. The Balaban J connectivity index is 2.14. The highest BCUT2D eigenvalue weighted by Gasteiger charge is 2.00. The van der Waals surface area contributed by atoms with Crippen LogP contribution in [0.15, 0.2) is 18.3 Å². The number of nitrogens with zero attached hydrogens (tertiary/aromatic N) is 1. The third-order valence-electron chi connectivity index (χ3n) is 2.46. The summed E-state index contributed by atoms with van der Waals surface area (Å²) in [6.45, 7) is 4.54. The molecular weight excluding hydrogens is 230 g/mol. The fourth-order valence-corrected chi connectivity index (χ4v) is 1.38. The number of hydrogen-bond donors (Lipinski definition) is 2. The highest BCUT2D eigenvalue weighted by atomic mass is 16.5. The summed E-state index contributed by atoms with van der Waals surface area (Å²) in [7, 11) is 0. The van der Waals surface area contributed by atoms with Crippen molar-refractivity contribution in [2.24, 2.45) is 5.73 Å². The van der Waals surface area contributed by atoms with E-state index in [0.29, 0.717) is 5.56 Å². The van der Waals surface area contributed by atoms with Gasteiger partial charge in [-0.15, -0.1) is 0 Å². The number of hydrogen-bond acceptors (Lipinski definition) is 4. The monoisotopic (exact) mass is 251 g/mol. The van der Waals surface area contributed by atoms with Gasteiger partial charge in [-0.05, 0) is 25.0 Å². The fourth-order valence-electron chi connectivity index (χ4n) is 1.38. The molecule has 1 rings (SSSR count). The van der Waals surface area contributed by atoms with Crippen LogP contribution in [0.1, 0.15) is 36.5 Å². The second-order valence-corrected chi connectivity index (χ2v) is 4.04. The van der Waals surface area contributed by atoms with E-state index in [1.807, 2.05) is 0 Å². The Bertz CT molecular complexity index is 352. The van der Waals surface area contributed by atoms with Gasteiger partial charge in [0.15, 0.2) is 0 Å². The van der Waals surface area contributed by atoms with Crippen molar-refractivity contribution in [2.45, 2.75) is 26.2 Å². The maximum atomic E-state index is 10.8. The van der Waals surface area contributed by atoms with Crippen LogP contribution >= 0.6 is 0 Å². The first kappa shape index (κ1) is 14.4. The number of pyridine rings is 1. The van der Waals surface area contributed by atoms with Crippen LogP contribution in [0.3, 0.4) is 0 Å². The van der Waals surface area contributed by atoms with E-state index in [1.165, 1.54) is 6.20 Å². The first-order valence-electron chi connectivity index (χ1n) is 6.31. The van der Waals surface area contributed by atoms with Gasteiger partial charge in [0, 0.05) is 26.0 Å². The van der Waals surface area contributed by atoms with Gasteiger partial charge in [0.1, 0.15) is 5.82 Å². The van der Waals surface area contributed by atoms with E-state index in [-0.39, 0.29) is 0 Å². The Labute approximate surface area is 108 Å². The average molecular weight is 251 g/mol. The van der Waals surface area contributed by atoms with Crippen LogP contribution in [0.5, 0.6) is 0 Å².